The van der Waals surface area contributed by atoms with Crippen molar-refractivity contribution in [1.29, 1.82) is 0 Å². The van der Waals surface area contributed by atoms with Crippen LogP contribution in [0.1, 0.15) is 12.8 Å². The molecule has 1 saturated heterocycles. The van der Waals surface area contributed by atoms with Gasteiger partial charge in [0.25, 0.3) is 0 Å². The lowest BCUT2D eigenvalue weighted by Gasteiger charge is -1.69. The van der Waals surface area contributed by atoms with Gasteiger partial charge in [-0.15, -0.1) is 0 Å². The minimum Gasteiger partial charge on any atom is -0.473 e. The standard InChI is InChI=1S/C4H4O.C4H8S/c2*1-2-4-5-3-1/h1-4H;1-4H2. The minimum atomic E-state index is 1.42. The van der Waals surface area contributed by atoms with Crippen molar-refractivity contribution in [3.63, 3.8) is 0 Å². The molecule has 10 heavy (non-hydrogen) atoms. The SMILES string of the molecule is C1CCSC1.c1ccoc1. The Morgan fingerprint density at radius 2 is 1.60 bits per heavy atom. The highest BCUT2D eigenvalue weighted by Crippen LogP contribution is 2.14. The summed E-state index contributed by atoms with van der Waals surface area (Å²) in [7, 11) is 0. The highest BCUT2D eigenvalue weighted by atomic mass is 32.2. The number of thioether (sulfide) groups is 1. The minimum absolute atomic E-state index is 1.42. The Bertz CT molecular complexity index is 108. The highest BCUT2D eigenvalue weighted by molar-refractivity contribution is 7.99. The van der Waals surface area contributed by atoms with Crippen molar-refractivity contribution in [3.05, 3.63) is 24.7 Å². The molecule has 0 saturated carbocycles. The van der Waals surface area contributed by atoms with Gasteiger partial charge >= 0.3 is 0 Å². The van der Waals surface area contributed by atoms with Gasteiger partial charge in [0.1, 0.15) is 0 Å². The predicted molar refractivity (Wildman–Crippen MR) is 45.3 cm³/mol. The molecular weight excluding hydrogens is 144 g/mol. The van der Waals surface area contributed by atoms with Gasteiger partial charge < -0.3 is 4.42 Å². The van der Waals surface area contributed by atoms with Crippen LogP contribution in [0.4, 0.5) is 0 Å². The van der Waals surface area contributed by atoms with Crippen LogP contribution in [0.5, 0.6) is 0 Å². The average Bonchev–Trinajstić information content (AvgIpc) is 2.67. The third-order valence-corrected chi connectivity index (χ3v) is 2.41. The summed E-state index contributed by atoms with van der Waals surface area (Å²) in [4.78, 5) is 0. The molecule has 1 nitrogen and oxygen atoms in total. The molecule has 0 atom stereocenters. The Morgan fingerprint density at radius 3 is 1.80 bits per heavy atom. The Hall–Kier alpha value is -0.370. The zero-order valence-corrected chi connectivity index (χ0v) is 6.77. The molecule has 0 bridgehead atoms. The second-order valence-electron chi connectivity index (χ2n) is 2.11. The van der Waals surface area contributed by atoms with Crippen LogP contribution in [0, 0.1) is 0 Å². The van der Waals surface area contributed by atoms with Gasteiger partial charge in [0.2, 0.25) is 0 Å². The molecule has 1 aromatic heterocycles. The van der Waals surface area contributed by atoms with Crippen LogP contribution in [0.25, 0.3) is 0 Å². The van der Waals surface area contributed by atoms with Gasteiger partial charge in [-0.2, -0.15) is 11.8 Å². The Labute approximate surface area is 65.8 Å². The molecule has 2 rings (SSSR count). The first-order valence-corrected chi connectivity index (χ1v) is 4.70. The third kappa shape index (κ3) is 3.62. The molecule has 0 aliphatic carbocycles. The fraction of sp³-hybridized carbons (Fsp3) is 0.500. The topological polar surface area (TPSA) is 13.1 Å². The Morgan fingerprint density at radius 1 is 1.00 bits per heavy atom. The third-order valence-electron chi connectivity index (χ3n) is 1.25. The van der Waals surface area contributed by atoms with E-state index in [1.807, 2.05) is 12.1 Å². The van der Waals surface area contributed by atoms with Gasteiger partial charge in [-0.1, -0.05) is 0 Å². The summed E-state index contributed by atoms with van der Waals surface area (Å²) in [5, 5.41) is 0. The summed E-state index contributed by atoms with van der Waals surface area (Å²) >= 11 is 2.07. The summed E-state index contributed by atoms with van der Waals surface area (Å²) in [6, 6.07) is 3.67. The largest absolute Gasteiger partial charge is 0.473 e. The van der Waals surface area contributed by atoms with Crippen molar-refractivity contribution in [2.45, 2.75) is 12.8 Å². The van der Waals surface area contributed by atoms with Crippen LogP contribution in [0.15, 0.2) is 29.1 Å². The van der Waals surface area contributed by atoms with Gasteiger partial charge in [0.15, 0.2) is 0 Å². The maximum absolute atomic E-state index is 4.58. The van der Waals surface area contributed by atoms with Crippen molar-refractivity contribution >= 4 is 11.8 Å². The van der Waals surface area contributed by atoms with E-state index < -0.39 is 0 Å². The van der Waals surface area contributed by atoms with Crippen LogP contribution < -0.4 is 0 Å². The van der Waals surface area contributed by atoms with Crippen LogP contribution in [0.3, 0.4) is 0 Å². The first-order chi connectivity index (χ1) is 5.00. The smallest absolute Gasteiger partial charge is 0.0902 e. The molecule has 0 unspecified atom stereocenters. The second kappa shape index (κ2) is 5.42. The van der Waals surface area contributed by atoms with Crippen LogP contribution in [-0.4, -0.2) is 11.5 Å². The van der Waals surface area contributed by atoms with E-state index in [0.29, 0.717) is 0 Å². The van der Waals surface area contributed by atoms with Crippen molar-refractivity contribution in [1.82, 2.24) is 0 Å². The van der Waals surface area contributed by atoms with Crippen LogP contribution >= 0.6 is 11.8 Å². The predicted octanol–water partition coefficient (Wildman–Crippen LogP) is 2.79. The molecule has 1 aliphatic rings. The van der Waals surface area contributed by atoms with E-state index >= 15 is 0 Å². The molecule has 56 valence electrons. The maximum Gasteiger partial charge on any atom is 0.0902 e. The van der Waals surface area contributed by atoms with Crippen LogP contribution in [0.2, 0.25) is 0 Å². The first-order valence-electron chi connectivity index (χ1n) is 3.55. The van der Waals surface area contributed by atoms with Crippen LogP contribution in [-0.2, 0) is 0 Å². The number of hydrogen-bond donors (Lipinski definition) is 0. The molecule has 2 heteroatoms. The van der Waals surface area contributed by atoms with E-state index in [1.165, 1.54) is 24.3 Å². The summed E-state index contributed by atoms with van der Waals surface area (Å²) < 4.78 is 4.58. The quantitative estimate of drug-likeness (QED) is 0.573. The van der Waals surface area contributed by atoms with E-state index in [1.54, 1.807) is 12.5 Å². The maximum atomic E-state index is 4.58. The van der Waals surface area contributed by atoms with E-state index in [-0.39, 0.29) is 0 Å². The zero-order valence-electron chi connectivity index (χ0n) is 5.95. The monoisotopic (exact) mass is 156 g/mol. The molecule has 0 amide bonds. The van der Waals surface area contributed by atoms with Gasteiger partial charge in [-0.05, 0) is 36.5 Å². The first kappa shape index (κ1) is 7.73. The molecule has 1 aliphatic heterocycles. The van der Waals surface area contributed by atoms with Crippen molar-refractivity contribution in [3.8, 4) is 0 Å². The lowest BCUT2D eigenvalue weighted by Crippen LogP contribution is -1.58. The van der Waals surface area contributed by atoms with Crippen molar-refractivity contribution < 1.29 is 4.42 Å². The van der Waals surface area contributed by atoms with E-state index in [4.69, 9.17) is 0 Å². The Balaban J connectivity index is 0.0000001000. The molecule has 0 N–H and O–H groups in total. The van der Waals surface area contributed by atoms with Gasteiger partial charge in [0, 0.05) is 0 Å². The molecule has 0 radical (unpaired) electrons. The highest BCUT2D eigenvalue weighted by Gasteiger charge is 1.95. The summed E-state index contributed by atoms with van der Waals surface area (Å²) in [5.41, 5.74) is 0. The summed E-state index contributed by atoms with van der Waals surface area (Å²) in [6.07, 6.45) is 6.18. The summed E-state index contributed by atoms with van der Waals surface area (Å²) in [6.45, 7) is 0. The normalized spacial score (nSPS) is 16.0. The molecular formula is C8H12OS. The van der Waals surface area contributed by atoms with E-state index in [2.05, 4.69) is 16.2 Å². The van der Waals surface area contributed by atoms with E-state index in [9.17, 15) is 0 Å². The van der Waals surface area contributed by atoms with Gasteiger partial charge in [-0.3, -0.25) is 0 Å². The lowest BCUT2D eigenvalue weighted by molar-refractivity contribution is 0.567. The zero-order chi connectivity index (χ0) is 7.07. The molecule has 0 spiro atoms. The molecule has 1 fully saturated rings. The molecule has 2 heterocycles. The lowest BCUT2D eigenvalue weighted by atomic mass is 10.4. The number of furan rings is 1. The fourth-order valence-electron chi connectivity index (χ4n) is 0.737. The van der Waals surface area contributed by atoms with Crippen molar-refractivity contribution in [2.24, 2.45) is 0 Å². The number of rotatable bonds is 0. The Kier molecular flexibility index (Phi) is 4.19. The number of hydrogen-bond acceptors (Lipinski definition) is 2. The average molecular weight is 156 g/mol. The molecule has 1 aromatic rings. The fourth-order valence-corrected chi connectivity index (χ4v) is 1.76. The molecule has 0 aromatic carbocycles. The van der Waals surface area contributed by atoms with Gasteiger partial charge in [-0.25, -0.2) is 0 Å². The summed E-state index contributed by atoms with van der Waals surface area (Å²) in [5.74, 6) is 2.83. The van der Waals surface area contributed by atoms with Gasteiger partial charge in [0.05, 0.1) is 12.5 Å². The van der Waals surface area contributed by atoms with E-state index in [0.717, 1.165) is 0 Å². The van der Waals surface area contributed by atoms with Crippen molar-refractivity contribution in [2.75, 3.05) is 11.5 Å². The second-order valence-corrected chi connectivity index (χ2v) is 3.34.